The number of amides is 2. The van der Waals surface area contributed by atoms with E-state index in [-0.39, 0.29) is 6.03 Å². The molecule has 0 saturated carbocycles. The number of urea groups is 1. The number of piperazine rings is 1. The van der Waals surface area contributed by atoms with Crippen molar-refractivity contribution in [3.63, 3.8) is 0 Å². The predicted molar refractivity (Wildman–Crippen MR) is 146 cm³/mol. The second-order valence-electron chi connectivity index (χ2n) is 10.5. The molecule has 2 aliphatic rings. The van der Waals surface area contributed by atoms with Crippen molar-refractivity contribution in [1.82, 2.24) is 14.9 Å². The SMILES string of the molecule is CCc1ccccc1NC(=O)N1CCN(c2nc(CC(C)C)nc3sc4c(c23)CCC(C)C4)CC1. The van der Waals surface area contributed by atoms with Crippen LogP contribution < -0.4 is 10.2 Å². The summed E-state index contributed by atoms with van der Waals surface area (Å²) in [5.41, 5.74) is 3.56. The van der Waals surface area contributed by atoms with Gasteiger partial charge in [0.15, 0.2) is 0 Å². The number of nitrogens with zero attached hydrogens (tertiary/aromatic N) is 4. The maximum atomic E-state index is 13.0. The standard InChI is InChI=1S/C28H37N5OS/c1-5-20-8-6-7-9-22(20)29-28(34)33-14-12-32(13-15-33)26-25-21-11-10-19(4)17-23(21)35-27(25)31-24(30-26)16-18(2)3/h6-9,18-19H,5,10-17H2,1-4H3,(H,29,34). The molecule has 1 unspecified atom stereocenters. The van der Waals surface area contributed by atoms with Crippen molar-refractivity contribution in [1.29, 1.82) is 0 Å². The number of aromatic nitrogens is 2. The zero-order valence-corrected chi connectivity index (χ0v) is 22.2. The lowest BCUT2D eigenvalue weighted by atomic mass is 9.89. The Morgan fingerprint density at radius 2 is 1.94 bits per heavy atom. The molecule has 3 aromatic rings. The van der Waals surface area contributed by atoms with Crippen molar-refractivity contribution in [2.45, 2.75) is 59.8 Å². The normalized spacial score (nSPS) is 18.3. The van der Waals surface area contributed by atoms with E-state index in [4.69, 9.17) is 9.97 Å². The second-order valence-corrected chi connectivity index (χ2v) is 11.6. The van der Waals surface area contributed by atoms with E-state index in [0.29, 0.717) is 19.0 Å². The smallest absolute Gasteiger partial charge is 0.321 e. The van der Waals surface area contributed by atoms with Crippen LogP contribution in [0.1, 0.15) is 55.9 Å². The third-order valence-corrected chi connectivity index (χ3v) is 8.43. The molecule has 35 heavy (non-hydrogen) atoms. The Labute approximate surface area is 212 Å². The number of fused-ring (bicyclic) bond motifs is 3. The fourth-order valence-electron chi connectivity index (χ4n) is 5.32. The summed E-state index contributed by atoms with van der Waals surface area (Å²) in [5, 5.41) is 4.41. The molecule has 1 aliphatic heterocycles. The first kappa shape index (κ1) is 24.0. The Kier molecular flexibility index (Phi) is 6.96. The van der Waals surface area contributed by atoms with Gasteiger partial charge in [0.2, 0.25) is 0 Å². The molecule has 1 saturated heterocycles. The van der Waals surface area contributed by atoms with Crippen LogP contribution in [-0.4, -0.2) is 47.1 Å². The van der Waals surface area contributed by atoms with E-state index in [9.17, 15) is 4.79 Å². The molecule has 3 heterocycles. The first-order chi connectivity index (χ1) is 16.9. The molecule has 1 fully saturated rings. The van der Waals surface area contributed by atoms with Crippen LogP contribution in [0.4, 0.5) is 16.3 Å². The van der Waals surface area contributed by atoms with Crippen molar-refractivity contribution in [2.75, 3.05) is 36.4 Å². The summed E-state index contributed by atoms with van der Waals surface area (Å²) in [7, 11) is 0. The number of thiophene rings is 1. The highest BCUT2D eigenvalue weighted by Crippen LogP contribution is 2.41. The molecule has 1 N–H and O–H groups in total. The highest BCUT2D eigenvalue weighted by molar-refractivity contribution is 7.19. The summed E-state index contributed by atoms with van der Waals surface area (Å²) < 4.78 is 0. The number of hydrogen-bond acceptors (Lipinski definition) is 5. The highest BCUT2D eigenvalue weighted by atomic mass is 32.1. The van der Waals surface area contributed by atoms with Crippen LogP contribution in [0.15, 0.2) is 24.3 Å². The molecule has 2 amide bonds. The molecular weight excluding hydrogens is 454 g/mol. The average molecular weight is 492 g/mol. The van der Waals surface area contributed by atoms with E-state index in [1.807, 2.05) is 34.4 Å². The number of para-hydroxylation sites is 1. The van der Waals surface area contributed by atoms with Crippen molar-refractivity contribution >= 4 is 39.1 Å². The Hall–Kier alpha value is -2.67. The monoisotopic (exact) mass is 491 g/mol. The van der Waals surface area contributed by atoms with E-state index in [1.165, 1.54) is 22.2 Å². The van der Waals surface area contributed by atoms with Crippen LogP contribution >= 0.6 is 11.3 Å². The van der Waals surface area contributed by atoms with Gasteiger partial charge in [-0.1, -0.05) is 45.9 Å². The van der Waals surface area contributed by atoms with Gasteiger partial charge in [-0.05, 0) is 54.7 Å². The maximum Gasteiger partial charge on any atom is 0.321 e. The predicted octanol–water partition coefficient (Wildman–Crippen LogP) is 5.93. The molecular formula is C28H37N5OS. The fraction of sp³-hybridized carbons (Fsp3) is 0.536. The molecule has 7 heteroatoms. The van der Waals surface area contributed by atoms with Crippen molar-refractivity contribution in [2.24, 2.45) is 11.8 Å². The maximum absolute atomic E-state index is 13.0. The number of aryl methyl sites for hydroxylation is 2. The number of anilines is 2. The lowest BCUT2D eigenvalue weighted by Gasteiger charge is -2.36. The minimum Gasteiger partial charge on any atom is -0.352 e. The molecule has 0 spiro atoms. The third-order valence-electron chi connectivity index (χ3n) is 7.28. The highest BCUT2D eigenvalue weighted by Gasteiger charge is 2.29. The molecule has 1 aromatic carbocycles. The zero-order chi connectivity index (χ0) is 24.5. The van der Waals surface area contributed by atoms with Crippen molar-refractivity contribution in [3.05, 3.63) is 46.1 Å². The fourth-order valence-corrected chi connectivity index (χ4v) is 6.71. The quantitative estimate of drug-likeness (QED) is 0.480. The first-order valence-corrected chi connectivity index (χ1v) is 13.9. The molecule has 1 atom stereocenters. The number of carbonyl (C=O) groups is 1. The van der Waals surface area contributed by atoms with Gasteiger partial charge in [0.05, 0.1) is 5.39 Å². The Balaban J connectivity index is 1.37. The van der Waals surface area contributed by atoms with Gasteiger partial charge >= 0.3 is 6.03 Å². The van der Waals surface area contributed by atoms with Crippen molar-refractivity contribution in [3.8, 4) is 0 Å². The van der Waals surface area contributed by atoms with Crippen molar-refractivity contribution < 1.29 is 4.79 Å². The van der Waals surface area contributed by atoms with Crippen LogP contribution in [0, 0.1) is 11.8 Å². The number of rotatable bonds is 5. The molecule has 6 nitrogen and oxygen atoms in total. The van der Waals surface area contributed by atoms with Gasteiger partial charge in [-0.25, -0.2) is 14.8 Å². The molecule has 5 rings (SSSR count). The number of hydrogen-bond donors (Lipinski definition) is 1. The number of carbonyl (C=O) groups excluding carboxylic acids is 1. The molecule has 2 aromatic heterocycles. The van der Waals surface area contributed by atoms with Gasteiger partial charge in [-0.3, -0.25) is 0 Å². The summed E-state index contributed by atoms with van der Waals surface area (Å²) in [6.07, 6.45) is 5.30. The summed E-state index contributed by atoms with van der Waals surface area (Å²) in [6, 6.07) is 8.05. The van der Waals surface area contributed by atoms with Crippen LogP contribution in [0.25, 0.3) is 10.2 Å². The zero-order valence-electron chi connectivity index (χ0n) is 21.4. The Bertz CT molecular complexity index is 1210. The van der Waals surface area contributed by atoms with E-state index >= 15 is 0 Å². The minimum atomic E-state index is -0.0132. The Morgan fingerprint density at radius 3 is 2.69 bits per heavy atom. The van der Waals surface area contributed by atoms with E-state index in [0.717, 1.165) is 72.4 Å². The van der Waals surface area contributed by atoms with Gasteiger partial charge in [0, 0.05) is 43.2 Å². The average Bonchev–Trinajstić information content (AvgIpc) is 3.20. The topological polar surface area (TPSA) is 61.4 Å². The van der Waals surface area contributed by atoms with Gasteiger partial charge in [0.25, 0.3) is 0 Å². The van der Waals surface area contributed by atoms with Crippen LogP contribution in [0.5, 0.6) is 0 Å². The van der Waals surface area contributed by atoms with E-state index in [1.54, 1.807) is 0 Å². The minimum absolute atomic E-state index is 0.0132. The first-order valence-electron chi connectivity index (χ1n) is 13.1. The van der Waals surface area contributed by atoms with E-state index < -0.39 is 0 Å². The van der Waals surface area contributed by atoms with Crippen LogP contribution in [0.3, 0.4) is 0 Å². The molecule has 0 radical (unpaired) electrons. The van der Waals surface area contributed by atoms with Crippen LogP contribution in [0.2, 0.25) is 0 Å². The molecule has 0 bridgehead atoms. The van der Waals surface area contributed by atoms with E-state index in [2.05, 4.69) is 44.0 Å². The molecule has 1 aliphatic carbocycles. The molecule has 186 valence electrons. The van der Waals surface area contributed by atoms with Gasteiger partial charge in [0.1, 0.15) is 16.5 Å². The van der Waals surface area contributed by atoms with Crippen LogP contribution in [-0.2, 0) is 25.7 Å². The summed E-state index contributed by atoms with van der Waals surface area (Å²) in [6.45, 7) is 11.9. The summed E-state index contributed by atoms with van der Waals surface area (Å²) in [4.78, 5) is 30.1. The number of benzene rings is 1. The van der Waals surface area contributed by atoms with Gasteiger partial charge in [-0.2, -0.15) is 0 Å². The Morgan fingerprint density at radius 1 is 1.17 bits per heavy atom. The van der Waals surface area contributed by atoms with Gasteiger partial charge in [-0.15, -0.1) is 11.3 Å². The lowest BCUT2D eigenvalue weighted by Crippen LogP contribution is -2.50. The summed E-state index contributed by atoms with van der Waals surface area (Å²) in [5.74, 6) is 3.29. The second kappa shape index (κ2) is 10.1. The third kappa shape index (κ3) is 5.01. The van der Waals surface area contributed by atoms with Gasteiger partial charge < -0.3 is 15.1 Å². The number of nitrogens with one attached hydrogen (secondary N) is 1. The summed E-state index contributed by atoms with van der Waals surface area (Å²) >= 11 is 1.88. The lowest BCUT2D eigenvalue weighted by molar-refractivity contribution is 0.208. The largest absolute Gasteiger partial charge is 0.352 e.